The number of carbonyl (C=O) groups is 1. The number of methoxy groups -OCH3 is 1. The summed E-state index contributed by atoms with van der Waals surface area (Å²) in [5.74, 6) is -0.264. The third-order valence-electron chi connectivity index (χ3n) is 4.40. The number of hydrazone groups is 1. The lowest BCUT2D eigenvalue weighted by Crippen LogP contribution is -2.31. The largest absolute Gasteiger partial charge is 0.494 e. The molecule has 1 aromatic heterocycles. The van der Waals surface area contributed by atoms with Gasteiger partial charge in [0.1, 0.15) is 23.1 Å². The highest BCUT2D eigenvalue weighted by Gasteiger charge is 2.21. The predicted octanol–water partition coefficient (Wildman–Crippen LogP) is 2.49. The molecule has 0 radical (unpaired) electrons. The third-order valence-corrected chi connectivity index (χ3v) is 4.40. The summed E-state index contributed by atoms with van der Waals surface area (Å²) in [5, 5.41) is 17.6. The maximum absolute atomic E-state index is 12.8. The number of carbonyl (C=O) groups excluding carboxylic acids is 1. The van der Waals surface area contributed by atoms with E-state index in [2.05, 4.69) is 15.6 Å². The van der Waals surface area contributed by atoms with Crippen molar-refractivity contribution in [2.45, 2.75) is 13.8 Å². The van der Waals surface area contributed by atoms with Gasteiger partial charge in [-0.1, -0.05) is 42.0 Å². The molecule has 2 aromatic carbocycles. The first kappa shape index (κ1) is 20.5. The van der Waals surface area contributed by atoms with Crippen LogP contribution in [-0.4, -0.2) is 29.0 Å². The van der Waals surface area contributed by atoms with Crippen LogP contribution >= 0.6 is 0 Å². The van der Waals surface area contributed by atoms with Gasteiger partial charge in [0.2, 0.25) is 0 Å². The first-order valence-electron chi connectivity index (χ1n) is 9.03. The second-order valence-corrected chi connectivity index (χ2v) is 6.46. The van der Waals surface area contributed by atoms with E-state index in [0.717, 1.165) is 15.8 Å². The summed E-state index contributed by atoms with van der Waals surface area (Å²) in [6.45, 7) is 3.45. The molecule has 0 unspecified atom stereocenters. The van der Waals surface area contributed by atoms with E-state index in [0.29, 0.717) is 11.4 Å². The van der Waals surface area contributed by atoms with Crippen molar-refractivity contribution in [3.63, 3.8) is 0 Å². The molecule has 8 heteroatoms. The molecule has 1 N–H and O–H groups in total. The van der Waals surface area contributed by atoms with E-state index in [4.69, 9.17) is 4.74 Å². The fourth-order valence-corrected chi connectivity index (χ4v) is 2.89. The fourth-order valence-electron chi connectivity index (χ4n) is 2.89. The molecule has 1 amide bonds. The summed E-state index contributed by atoms with van der Waals surface area (Å²) in [7, 11) is 1.46. The molecule has 0 saturated heterocycles. The summed E-state index contributed by atoms with van der Waals surface area (Å²) in [6.07, 6.45) is 1.50. The summed E-state index contributed by atoms with van der Waals surface area (Å²) in [5.41, 5.74) is 3.87. The summed E-state index contributed by atoms with van der Waals surface area (Å²) < 4.78 is 6.27. The van der Waals surface area contributed by atoms with Gasteiger partial charge in [0.15, 0.2) is 5.69 Å². The van der Waals surface area contributed by atoms with Crippen molar-refractivity contribution in [3.8, 4) is 17.5 Å². The molecular weight excluding hydrogens is 382 g/mol. The Labute approximate surface area is 173 Å². The Kier molecular flexibility index (Phi) is 6.03. The van der Waals surface area contributed by atoms with Gasteiger partial charge in [-0.3, -0.25) is 9.59 Å². The minimum Gasteiger partial charge on any atom is -0.494 e. The van der Waals surface area contributed by atoms with Gasteiger partial charge in [-0.25, -0.2) is 5.43 Å². The predicted molar refractivity (Wildman–Crippen MR) is 112 cm³/mol. The quantitative estimate of drug-likeness (QED) is 0.522. The summed E-state index contributed by atoms with van der Waals surface area (Å²) in [6, 6.07) is 16.2. The van der Waals surface area contributed by atoms with Gasteiger partial charge in [-0.15, -0.1) is 0 Å². The van der Waals surface area contributed by atoms with E-state index in [-0.39, 0.29) is 16.8 Å². The zero-order valence-electron chi connectivity index (χ0n) is 16.7. The Bertz CT molecular complexity index is 1240. The number of nitrogens with zero attached hydrogens (tertiary/aromatic N) is 4. The molecule has 0 aliphatic carbocycles. The van der Waals surface area contributed by atoms with Crippen LogP contribution in [-0.2, 0) is 0 Å². The number of rotatable bonds is 5. The van der Waals surface area contributed by atoms with Crippen LogP contribution in [0.1, 0.15) is 32.7 Å². The highest BCUT2D eigenvalue weighted by molar-refractivity contribution is 5.94. The topological polar surface area (TPSA) is 109 Å². The van der Waals surface area contributed by atoms with Gasteiger partial charge >= 0.3 is 0 Å². The van der Waals surface area contributed by atoms with Crippen LogP contribution in [0.2, 0.25) is 0 Å². The zero-order chi connectivity index (χ0) is 21.7. The van der Waals surface area contributed by atoms with Gasteiger partial charge in [0.25, 0.3) is 11.5 Å². The van der Waals surface area contributed by atoms with Crippen LogP contribution in [0, 0.1) is 25.2 Å². The maximum atomic E-state index is 12.8. The molecule has 0 aliphatic rings. The molecule has 150 valence electrons. The number of hydrogen-bond donors (Lipinski definition) is 1. The van der Waals surface area contributed by atoms with Crippen molar-refractivity contribution >= 4 is 12.1 Å². The van der Waals surface area contributed by atoms with Crippen LogP contribution in [0.25, 0.3) is 5.69 Å². The van der Waals surface area contributed by atoms with Crippen molar-refractivity contribution in [3.05, 3.63) is 86.8 Å². The van der Waals surface area contributed by atoms with Crippen molar-refractivity contribution in [2.75, 3.05) is 7.11 Å². The Balaban J connectivity index is 2.01. The number of aryl methyl sites for hydroxylation is 1. The second-order valence-electron chi connectivity index (χ2n) is 6.46. The Morgan fingerprint density at radius 2 is 2.00 bits per heavy atom. The first-order valence-corrected chi connectivity index (χ1v) is 9.03. The number of nitrogens with one attached hydrogen (secondary N) is 1. The highest BCUT2D eigenvalue weighted by atomic mass is 16.5. The molecule has 3 rings (SSSR count). The van der Waals surface area contributed by atoms with Gasteiger partial charge < -0.3 is 4.74 Å². The number of ether oxygens (including phenoxy) is 1. The van der Waals surface area contributed by atoms with E-state index in [9.17, 15) is 14.9 Å². The van der Waals surface area contributed by atoms with Crippen molar-refractivity contribution < 1.29 is 9.53 Å². The number of hydrogen-bond acceptors (Lipinski definition) is 6. The first-order chi connectivity index (χ1) is 14.5. The number of para-hydroxylation sites is 2. The lowest BCUT2D eigenvalue weighted by molar-refractivity contribution is 0.0947. The van der Waals surface area contributed by atoms with E-state index >= 15 is 0 Å². The third kappa shape index (κ3) is 4.10. The minimum atomic E-state index is -0.642. The smallest absolute Gasteiger partial charge is 0.292 e. The Morgan fingerprint density at radius 3 is 2.70 bits per heavy atom. The normalized spacial score (nSPS) is 10.6. The standard InChI is InChI=1S/C22H19N5O3/c1-14-7-6-8-16(11-14)13-24-25-21(28)20-15(2)17(12-23)22(29)27(26-20)18-9-4-5-10-19(18)30-3/h4-11,13H,1-3H3,(H,25,28)/b24-13+. The van der Waals surface area contributed by atoms with E-state index < -0.39 is 11.5 Å². The van der Waals surface area contributed by atoms with Crippen LogP contribution in [0.4, 0.5) is 0 Å². The highest BCUT2D eigenvalue weighted by Crippen LogP contribution is 2.21. The number of nitriles is 1. The monoisotopic (exact) mass is 401 g/mol. The van der Waals surface area contributed by atoms with Gasteiger partial charge in [0, 0.05) is 5.56 Å². The average Bonchev–Trinajstić information content (AvgIpc) is 2.74. The van der Waals surface area contributed by atoms with E-state index in [1.54, 1.807) is 24.3 Å². The van der Waals surface area contributed by atoms with Crippen molar-refractivity contribution in [2.24, 2.45) is 5.10 Å². The SMILES string of the molecule is COc1ccccc1-n1nc(C(=O)N/N=C/c2cccc(C)c2)c(C)c(C#N)c1=O. The van der Waals surface area contributed by atoms with Crippen LogP contribution in [0.3, 0.4) is 0 Å². The average molecular weight is 401 g/mol. The molecule has 8 nitrogen and oxygen atoms in total. The van der Waals surface area contributed by atoms with Crippen LogP contribution in [0.5, 0.6) is 5.75 Å². The molecule has 30 heavy (non-hydrogen) atoms. The minimum absolute atomic E-state index is 0.0848. The lowest BCUT2D eigenvalue weighted by Gasteiger charge is -2.13. The second kappa shape index (κ2) is 8.84. The Hall–Kier alpha value is -4.25. The van der Waals surface area contributed by atoms with Crippen LogP contribution < -0.4 is 15.7 Å². The summed E-state index contributed by atoms with van der Waals surface area (Å²) in [4.78, 5) is 25.5. The molecule has 0 spiro atoms. The Morgan fingerprint density at radius 1 is 1.23 bits per heavy atom. The molecule has 0 atom stereocenters. The van der Waals surface area contributed by atoms with Crippen molar-refractivity contribution in [1.82, 2.24) is 15.2 Å². The molecule has 1 heterocycles. The van der Waals surface area contributed by atoms with E-state index in [1.807, 2.05) is 37.3 Å². The van der Waals surface area contributed by atoms with E-state index in [1.165, 1.54) is 20.2 Å². The molecule has 0 fully saturated rings. The fraction of sp³-hybridized carbons (Fsp3) is 0.136. The number of amides is 1. The molecular formula is C22H19N5O3. The number of benzene rings is 2. The van der Waals surface area contributed by atoms with Crippen molar-refractivity contribution in [1.29, 1.82) is 5.26 Å². The lowest BCUT2D eigenvalue weighted by atomic mass is 10.1. The zero-order valence-corrected chi connectivity index (χ0v) is 16.7. The van der Waals surface area contributed by atoms with Gasteiger partial charge in [0.05, 0.1) is 13.3 Å². The number of aromatic nitrogens is 2. The molecule has 0 aliphatic heterocycles. The molecule has 3 aromatic rings. The molecule has 0 saturated carbocycles. The van der Waals surface area contributed by atoms with Gasteiger partial charge in [-0.05, 0) is 31.5 Å². The molecule has 0 bridgehead atoms. The maximum Gasteiger partial charge on any atom is 0.292 e. The summed E-state index contributed by atoms with van der Waals surface area (Å²) >= 11 is 0. The van der Waals surface area contributed by atoms with Crippen LogP contribution in [0.15, 0.2) is 58.4 Å². The van der Waals surface area contributed by atoms with Gasteiger partial charge in [-0.2, -0.15) is 20.1 Å².